The minimum Gasteiger partial charge on any atom is -0.351 e. The fraction of sp³-hybridized carbons (Fsp3) is 0.611. The van der Waals surface area contributed by atoms with Crippen molar-refractivity contribution in [3.63, 3.8) is 0 Å². The van der Waals surface area contributed by atoms with E-state index in [0.717, 1.165) is 36.5 Å². The number of nitrogens with zero attached hydrogens (tertiary/aromatic N) is 3. The molecule has 0 bridgehead atoms. The molecule has 1 aromatic rings. The van der Waals surface area contributed by atoms with Gasteiger partial charge in [0.05, 0.1) is 16.9 Å². The molecule has 2 rings (SSSR count). The van der Waals surface area contributed by atoms with Gasteiger partial charge in [-0.1, -0.05) is 13.0 Å². The summed E-state index contributed by atoms with van der Waals surface area (Å²) in [6, 6.07) is 3.04. The highest BCUT2D eigenvalue weighted by Crippen LogP contribution is 2.30. The van der Waals surface area contributed by atoms with Crippen LogP contribution < -0.4 is 9.62 Å². The second-order valence-electron chi connectivity index (χ2n) is 7.30. The molecule has 0 spiro atoms. The summed E-state index contributed by atoms with van der Waals surface area (Å²) < 4.78 is 26.2. The third-order valence-corrected chi connectivity index (χ3v) is 6.20. The lowest BCUT2D eigenvalue weighted by Crippen LogP contribution is -2.53. The zero-order chi connectivity index (χ0) is 21.1. The standard InChI is InChI=1S/C18H28N4O5S/c1-5-16(18(23)19-14-8-10-20(3)11-9-14)21(28(4,26)27)17-12-15(22(24)25)7-6-13(17)2/h6-7,12,14,16H,5,8-11H2,1-4H3,(H,19,23). The van der Waals surface area contributed by atoms with Crippen molar-refractivity contribution in [3.8, 4) is 0 Å². The van der Waals surface area contributed by atoms with Crippen LogP contribution in [0.3, 0.4) is 0 Å². The van der Waals surface area contributed by atoms with Gasteiger partial charge in [-0.3, -0.25) is 19.2 Å². The first kappa shape index (κ1) is 22.1. The summed E-state index contributed by atoms with van der Waals surface area (Å²) in [7, 11) is -1.83. The van der Waals surface area contributed by atoms with Gasteiger partial charge in [-0.05, 0) is 51.9 Å². The van der Waals surface area contributed by atoms with Gasteiger partial charge in [-0.15, -0.1) is 0 Å². The van der Waals surface area contributed by atoms with Crippen LogP contribution in [0.4, 0.5) is 11.4 Å². The van der Waals surface area contributed by atoms with Gasteiger partial charge in [0.2, 0.25) is 15.9 Å². The Morgan fingerprint density at radius 3 is 2.50 bits per heavy atom. The molecule has 1 fully saturated rings. The van der Waals surface area contributed by atoms with Crippen LogP contribution in [0.15, 0.2) is 18.2 Å². The van der Waals surface area contributed by atoms with E-state index in [-0.39, 0.29) is 29.7 Å². The first-order valence-corrected chi connectivity index (χ1v) is 11.1. The number of likely N-dealkylation sites (tertiary alicyclic amines) is 1. The lowest BCUT2D eigenvalue weighted by Gasteiger charge is -2.34. The lowest BCUT2D eigenvalue weighted by molar-refractivity contribution is -0.384. The Kier molecular flexibility index (Phi) is 7.00. The van der Waals surface area contributed by atoms with Gasteiger partial charge < -0.3 is 10.2 Å². The van der Waals surface area contributed by atoms with E-state index in [9.17, 15) is 23.3 Å². The number of anilines is 1. The molecule has 156 valence electrons. The molecular formula is C18H28N4O5S. The number of hydrogen-bond acceptors (Lipinski definition) is 6. The number of carbonyl (C=O) groups excluding carboxylic acids is 1. The van der Waals surface area contributed by atoms with Crippen molar-refractivity contribution < 1.29 is 18.1 Å². The van der Waals surface area contributed by atoms with Gasteiger partial charge in [0, 0.05) is 18.2 Å². The molecule has 1 atom stereocenters. The molecule has 28 heavy (non-hydrogen) atoms. The van der Waals surface area contributed by atoms with Crippen molar-refractivity contribution in [1.29, 1.82) is 0 Å². The lowest BCUT2D eigenvalue weighted by atomic mass is 10.0. The van der Waals surface area contributed by atoms with Crippen LogP contribution in [0.5, 0.6) is 0 Å². The highest BCUT2D eigenvalue weighted by Gasteiger charge is 2.34. The van der Waals surface area contributed by atoms with E-state index in [1.807, 2.05) is 7.05 Å². The summed E-state index contributed by atoms with van der Waals surface area (Å²) >= 11 is 0. The zero-order valence-corrected chi connectivity index (χ0v) is 17.5. The number of aryl methyl sites for hydroxylation is 1. The number of carbonyl (C=O) groups is 1. The SMILES string of the molecule is CCC(C(=O)NC1CCN(C)CC1)N(c1cc([N+](=O)[O-])ccc1C)S(C)(=O)=O. The van der Waals surface area contributed by atoms with Crippen LogP contribution in [0, 0.1) is 17.0 Å². The average molecular weight is 413 g/mol. The average Bonchev–Trinajstić information content (AvgIpc) is 2.61. The monoisotopic (exact) mass is 412 g/mol. The minimum absolute atomic E-state index is 0.00892. The molecule has 1 aromatic carbocycles. The molecule has 1 aliphatic heterocycles. The van der Waals surface area contributed by atoms with E-state index in [0.29, 0.717) is 5.56 Å². The Balaban J connectivity index is 2.37. The molecule has 0 aromatic heterocycles. The van der Waals surface area contributed by atoms with Crippen LogP contribution in [0.1, 0.15) is 31.7 Å². The highest BCUT2D eigenvalue weighted by molar-refractivity contribution is 7.92. The van der Waals surface area contributed by atoms with Gasteiger partial charge in [-0.25, -0.2) is 8.42 Å². The molecule has 0 radical (unpaired) electrons. The normalized spacial score (nSPS) is 17.1. The zero-order valence-electron chi connectivity index (χ0n) is 16.7. The van der Waals surface area contributed by atoms with Crippen molar-refractivity contribution in [2.24, 2.45) is 0 Å². The molecule has 1 unspecified atom stereocenters. The molecule has 0 aliphatic carbocycles. The predicted molar refractivity (Wildman–Crippen MR) is 108 cm³/mol. The smallest absolute Gasteiger partial charge is 0.271 e. The molecule has 1 amide bonds. The second kappa shape index (κ2) is 8.87. The van der Waals surface area contributed by atoms with Crippen molar-refractivity contribution >= 4 is 27.3 Å². The van der Waals surface area contributed by atoms with Crippen LogP contribution in [-0.4, -0.2) is 62.6 Å². The number of amides is 1. The van der Waals surface area contributed by atoms with Gasteiger partial charge in [0.25, 0.3) is 5.69 Å². The van der Waals surface area contributed by atoms with E-state index < -0.39 is 21.0 Å². The molecule has 10 heteroatoms. The number of nitro benzene ring substituents is 1. The number of hydrogen-bond donors (Lipinski definition) is 1. The molecule has 1 heterocycles. The number of nitrogens with one attached hydrogen (secondary N) is 1. The van der Waals surface area contributed by atoms with Crippen molar-refractivity contribution in [2.45, 2.75) is 45.2 Å². The summed E-state index contributed by atoms with van der Waals surface area (Å²) in [6.45, 7) is 5.12. The van der Waals surface area contributed by atoms with Gasteiger partial charge >= 0.3 is 0 Å². The van der Waals surface area contributed by atoms with E-state index in [1.54, 1.807) is 13.8 Å². The van der Waals surface area contributed by atoms with Crippen molar-refractivity contribution in [1.82, 2.24) is 10.2 Å². The first-order valence-electron chi connectivity index (χ1n) is 9.28. The number of non-ortho nitro benzene ring substituents is 1. The number of benzene rings is 1. The first-order chi connectivity index (χ1) is 13.0. The summed E-state index contributed by atoms with van der Waals surface area (Å²) in [5.74, 6) is -0.381. The Hall–Kier alpha value is -2.20. The second-order valence-corrected chi connectivity index (χ2v) is 9.16. The van der Waals surface area contributed by atoms with Crippen LogP contribution >= 0.6 is 0 Å². The summed E-state index contributed by atoms with van der Waals surface area (Å²) in [5.41, 5.74) is 0.475. The molecule has 0 saturated carbocycles. The van der Waals surface area contributed by atoms with E-state index in [2.05, 4.69) is 10.2 Å². The van der Waals surface area contributed by atoms with Crippen molar-refractivity contribution in [3.05, 3.63) is 33.9 Å². The van der Waals surface area contributed by atoms with E-state index in [1.165, 1.54) is 18.2 Å². The summed E-state index contributed by atoms with van der Waals surface area (Å²) in [4.78, 5) is 25.7. The maximum atomic E-state index is 13.0. The Labute approximate surface area is 165 Å². The number of sulfonamides is 1. The minimum atomic E-state index is -3.85. The third-order valence-electron chi connectivity index (χ3n) is 5.04. The van der Waals surface area contributed by atoms with Crippen LogP contribution in [0.25, 0.3) is 0 Å². The Morgan fingerprint density at radius 2 is 2.00 bits per heavy atom. The fourth-order valence-corrected chi connectivity index (χ4v) is 4.70. The predicted octanol–water partition coefficient (Wildman–Crippen LogP) is 1.66. The van der Waals surface area contributed by atoms with E-state index >= 15 is 0 Å². The van der Waals surface area contributed by atoms with Crippen LogP contribution in [-0.2, 0) is 14.8 Å². The third kappa shape index (κ3) is 5.20. The Bertz CT molecular complexity index is 834. The Morgan fingerprint density at radius 1 is 1.39 bits per heavy atom. The van der Waals surface area contributed by atoms with Gasteiger partial charge in [0.15, 0.2) is 0 Å². The number of piperidine rings is 1. The number of rotatable bonds is 7. The summed E-state index contributed by atoms with van der Waals surface area (Å²) in [5, 5.41) is 14.1. The number of nitro groups is 1. The van der Waals surface area contributed by atoms with Gasteiger partial charge in [0.1, 0.15) is 6.04 Å². The molecule has 9 nitrogen and oxygen atoms in total. The largest absolute Gasteiger partial charge is 0.351 e. The molecule has 1 saturated heterocycles. The summed E-state index contributed by atoms with van der Waals surface area (Å²) in [6.07, 6.45) is 2.85. The maximum absolute atomic E-state index is 13.0. The van der Waals surface area contributed by atoms with Crippen molar-refractivity contribution in [2.75, 3.05) is 30.7 Å². The van der Waals surface area contributed by atoms with Crippen LogP contribution in [0.2, 0.25) is 0 Å². The van der Waals surface area contributed by atoms with Gasteiger partial charge in [-0.2, -0.15) is 0 Å². The fourth-order valence-electron chi connectivity index (χ4n) is 3.43. The van der Waals surface area contributed by atoms with E-state index in [4.69, 9.17) is 0 Å². The topological polar surface area (TPSA) is 113 Å². The molecular weight excluding hydrogens is 384 g/mol. The quantitative estimate of drug-likeness (QED) is 0.538. The maximum Gasteiger partial charge on any atom is 0.271 e. The highest BCUT2D eigenvalue weighted by atomic mass is 32.2. The molecule has 1 aliphatic rings. The molecule has 1 N–H and O–H groups in total.